The predicted molar refractivity (Wildman–Crippen MR) is 76.5 cm³/mol. The van der Waals surface area contributed by atoms with Crippen molar-refractivity contribution in [1.29, 1.82) is 0 Å². The van der Waals surface area contributed by atoms with Gasteiger partial charge >= 0.3 is 0 Å². The number of rotatable bonds is 5. The van der Waals surface area contributed by atoms with Crippen molar-refractivity contribution in [3.63, 3.8) is 0 Å². The lowest BCUT2D eigenvalue weighted by Crippen LogP contribution is -2.46. The van der Waals surface area contributed by atoms with E-state index in [1.165, 1.54) is 32.2 Å². The first kappa shape index (κ1) is 13.8. The standard InChI is InChI=1S/C14H26N2O2S/c17-19(18,14-5-6-14)15-13-7-9-16(10-8-13)11-12-3-1-2-4-12/h12-15H,1-11H2. The normalized spacial score (nSPS) is 28.0. The highest BCUT2D eigenvalue weighted by Crippen LogP contribution is 2.29. The highest BCUT2D eigenvalue weighted by Gasteiger charge is 2.37. The van der Waals surface area contributed by atoms with E-state index in [0.717, 1.165) is 44.7 Å². The van der Waals surface area contributed by atoms with Gasteiger partial charge in [-0.1, -0.05) is 12.8 Å². The van der Waals surface area contributed by atoms with E-state index >= 15 is 0 Å². The van der Waals surface area contributed by atoms with Crippen LogP contribution in [0.3, 0.4) is 0 Å². The molecule has 1 saturated heterocycles. The topological polar surface area (TPSA) is 49.4 Å². The molecule has 4 nitrogen and oxygen atoms in total. The zero-order valence-corrected chi connectivity index (χ0v) is 12.5. The molecule has 3 fully saturated rings. The smallest absolute Gasteiger partial charge is 0.214 e. The molecule has 110 valence electrons. The molecule has 0 radical (unpaired) electrons. The zero-order valence-electron chi connectivity index (χ0n) is 11.7. The van der Waals surface area contributed by atoms with Gasteiger partial charge in [0.2, 0.25) is 10.0 Å². The average molecular weight is 286 g/mol. The van der Waals surface area contributed by atoms with Crippen molar-refractivity contribution in [2.75, 3.05) is 19.6 Å². The van der Waals surface area contributed by atoms with Crippen molar-refractivity contribution in [3.05, 3.63) is 0 Å². The number of piperidine rings is 1. The van der Waals surface area contributed by atoms with Crippen LogP contribution in [-0.4, -0.2) is 44.2 Å². The van der Waals surface area contributed by atoms with Gasteiger partial charge in [-0.05, 0) is 57.5 Å². The molecule has 3 aliphatic rings. The maximum Gasteiger partial charge on any atom is 0.214 e. The number of nitrogens with one attached hydrogen (secondary N) is 1. The van der Waals surface area contributed by atoms with Gasteiger partial charge in [-0.2, -0.15) is 0 Å². The molecule has 0 atom stereocenters. The molecule has 0 aromatic heterocycles. The maximum atomic E-state index is 11.9. The van der Waals surface area contributed by atoms with Gasteiger partial charge in [0.1, 0.15) is 0 Å². The summed E-state index contributed by atoms with van der Waals surface area (Å²) in [5, 5.41) is -0.0796. The first-order valence-corrected chi connectivity index (χ1v) is 9.41. The fourth-order valence-corrected chi connectivity index (χ4v) is 5.15. The quantitative estimate of drug-likeness (QED) is 0.837. The summed E-state index contributed by atoms with van der Waals surface area (Å²) in [6.07, 6.45) is 9.29. The van der Waals surface area contributed by atoms with Crippen LogP contribution in [0.15, 0.2) is 0 Å². The lowest BCUT2D eigenvalue weighted by atomic mass is 10.0. The Hall–Kier alpha value is -0.130. The van der Waals surface area contributed by atoms with Crippen molar-refractivity contribution in [2.24, 2.45) is 5.92 Å². The summed E-state index contributed by atoms with van der Waals surface area (Å²) in [5.74, 6) is 0.903. The van der Waals surface area contributed by atoms with E-state index in [1.807, 2.05) is 0 Å². The summed E-state index contributed by atoms with van der Waals surface area (Å²) in [6, 6.07) is 0.186. The third kappa shape index (κ3) is 3.70. The lowest BCUT2D eigenvalue weighted by molar-refractivity contribution is 0.180. The minimum Gasteiger partial charge on any atom is -0.303 e. The van der Waals surface area contributed by atoms with Gasteiger partial charge in [-0.3, -0.25) is 0 Å². The van der Waals surface area contributed by atoms with Crippen LogP contribution in [-0.2, 0) is 10.0 Å². The summed E-state index contributed by atoms with van der Waals surface area (Å²) in [5.41, 5.74) is 0. The molecule has 3 rings (SSSR count). The molecule has 5 heteroatoms. The summed E-state index contributed by atoms with van der Waals surface area (Å²) in [7, 11) is -3.00. The third-order valence-corrected chi connectivity index (χ3v) is 6.88. The first-order valence-electron chi connectivity index (χ1n) is 7.87. The molecular formula is C14H26N2O2S. The Kier molecular flexibility index (Phi) is 4.15. The van der Waals surface area contributed by atoms with Crippen LogP contribution in [0.25, 0.3) is 0 Å². The van der Waals surface area contributed by atoms with E-state index in [0.29, 0.717) is 0 Å². The Morgan fingerprint density at radius 1 is 0.947 bits per heavy atom. The molecule has 19 heavy (non-hydrogen) atoms. The largest absolute Gasteiger partial charge is 0.303 e. The number of nitrogens with zero attached hydrogens (tertiary/aromatic N) is 1. The van der Waals surface area contributed by atoms with E-state index in [4.69, 9.17) is 0 Å². The van der Waals surface area contributed by atoms with Gasteiger partial charge in [0.15, 0.2) is 0 Å². The van der Waals surface area contributed by atoms with Crippen molar-refractivity contribution in [1.82, 2.24) is 9.62 Å². The summed E-state index contributed by atoms with van der Waals surface area (Å²) in [4.78, 5) is 2.54. The van der Waals surface area contributed by atoms with Crippen LogP contribution in [0.5, 0.6) is 0 Å². The van der Waals surface area contributed by atoms with Crippen LogP contribution < -0.4 is 4.72 Å². The van der Waals surface area contributed by atoms with Crippen LogP contribution in [0, 0.1) is 5.92 Å². The van der Waals surface area contributed by atoms with E-state index in [-0.39, 0.29) is 11.3 Å². The van der Waals surface area contributed by atoms with E-state index in [1.54, 1.807) is 0 Å². The van der Waals surface area contributed by atoms with Gasteiger partial charge in [-0.15, -0.1) is 0 Å². The minimum atomic E-state index is -3.00. The highest BCUT2D eigenvalue weighted by atomic mass is 32.2. The van der Waals surface area contributed by atoms with Gasteiger partial charge < -0.3 is 4.90 Å². The molecule has 1 aliphatic heterocycles. The monoisotopic (exact) mass is 286 g/mol. The molecule has 0 aromatic carbocycles. The fourth-order valence-electron chi connectivity index (χ4n) is 3.50. The van der Waals surface area contributed by atoms with E-state index < -0.39 is 10.0 Å². The molecule has 0 unspecified atom stereocenters. The summed E-state index contributed by atoms with van der Waals surface area (Å²) in [6.45, 7) is 3.37. The lowest BCUT2D eigenvalue weighted by Gasteiger charge is -2.33. The highest BCUT2D eigenvalue weighted by molar-refractivity contribution is 7.90. The molecular weight excluding hydrogens is 260 g/mol. The number of hydrogen-bond donors (Lipinski definition) is 1. The van der Waals surface area contributed by atoms with Crippen LogP contribution in [0.1, 0.15) is 51.4 Å². The SMILES string of the molecule is O=S(=O)(NC1CCN(CC2CCCC2)CC1)C1CC1. The molecule has 0 aromatic rings. The fraction of sp³-hybridized carbons (Fsp3) is 1.00. The third-order valence-electron chi connectivity index (χ3n) is 4.87. The van der Waals surface area contributed by atoms with Crippen molar-refractivity contribution in [3.8, 4) is 0 Å². The van der Waals surface area contributed by atoms with Crippen LogP contribution in [0.4, 0.5) is 0 Å². The molecule has 1 N–H and O–H groups in total. The van der Waals surface area contributed by atoms with Crippen LogP contribution >= 0.6 is 0 Å². The average Bonchev–Trinajstić information content (AvgIpc) is 3.13. The maximum absolute atomic E-state index is 11.9. The Morgan fingerprint density at radius 2 is 1.58 bits per heavy atom. The van der Waals surface area contributed by atoms with Gasteiger partial charge in [-0.25, -0.2) is 13.1 Å². The molecule has 2 saturated carbocycles. The number of hydrogen-bond acceptors (Lipinski definition) is 3. The first-order chi connectivity index (χ1) is 9.13. The second-order valence-corrected chi connectivity index (χ2v) is 8.58. The van der Waals surface area contributed by atoms with Crippen molar-refractivity contribution in [2.45, 2.75) is 62.7 Å². The minimum absolute atomic E-state index is 0.0796. The van der Waals surface area contributed by atoms with Crippen molar-refractivity contribution >= 4 is 10.0 Å². The van der Waals surface area contributed by atoms with Gasteiger partial charge in [0.25, 0.3) is 0 Å². The van der Waals surface area contributed by atoms with Gasteiger partial charge in [0.05, 0.1) is 5.25 Å². The Morgan fingerprint density at radius 3 is 2.16 bits per heavy atom. The Labute approximate surface area is 117 Å². The van der Waals surface area contributed by atoms with E-state index in [9.17, 15) is 8.42 Å². The molecule has 0 bridgehead atoms. The van der Waals surface area contributed by atoms with E-state index in [2.05, 4.69) is 9.62 Å². The number of likely N-dealkylation sites (tertiary alicyclic amines) is 1. The van der Waals surface area contributed by atoms with Gasteiger partial charge in [0, 0.05) is 12.6 Å². The van der Waals surface area contributed by atoms with Crippen LogP contribution in [0.2, 0.25) is 0 Å². The van der Waals surface area contributed by atoms with Crippen molar-refractivity contribution < 1.29 is 8.42 Å². The summed E-state index contributed by atoms with van der Waals surface area (Å²) < 4.78 is 26.7. The molecule has 0 amide bonds. The predicted octanol–water partition coefficient (Wildman–Crippen LogP) is 1.72. The molecule has 2 aliphatic carbocycles. The second-order valence-electron chi connectivity index (χ2n) is 6.59. The number of sulfonamides is 1. The Balaban J connectivity index is 1.41. The zero-order chi connectivity index (χ0) is 13.3. The molecule has 1 heterocycles. The Bertz CT molecular complexity index is 392. The second kappa shape index (κ2) is 5.70. The summed E-state index contributed by atoms with van der Waals surface area (Å²) >= 11 is 0. The molecule has 0 spiro atoms.